The average molecular weight is 296 g/mol. The maximum atomic E-state index is 12.2. The number of benzene rings is 1. The fraction of sp³-hybridized carbons (Fsp3) is 0.500. The number of carbonyl (C=O) groups is 1. The average Bonchev–Trinajstić information content (AvgIpc) is 2.77. The van der Waals surface area contributed by atoms with E-state index in [2.05, 4.69) is 35.0 Å². The molecule has 1 saturated heterocycles. The lowest BCUT2D eigenvalue weighted by Crippen LogP contribution is -2.37. The molecule has 0 N–H and O–H groups in total. The summed E-state index contributed by atoms with van der Waals surface area (Å²) in [5.74, 6) is 0.262. The zero-order valence-electron chi connectivity index (χ0n) is 10.2. The van der Waals surface area contributed by atoms with Gasteiger partial charge in [0.25, 0.3) is 0 Å². The highest BCUT2D eigenvalue weighted by atomic mass is 79.9. The normalized spacial score (nSPS) is 19.6. The predicted octanol–water partition coefficient (Wildman–Crippen LogP) is 2.92. The van der Waals surface area contributed by atoms with Gasteiger partial charge in [-0.3, -0.25) is 4.79 Å². The summed E-state index contributed by atoms with van der Waals surface area (Å²) < 4.78 is 0. The van der Waals surface area contributed by atoms with Gasteiger partial charge in [-0.2, -0.15) is 0 Å². The van der Waals surface area contributed by atoms with Gasteiger partial charge in [-0.05, 0) is 25.3 Å². The molecule has 3 heteroatoms. The molecule has 1 fully saturated rings. The van der Waals surface area contributed by atoms with Crippen LogP contribution in [0.5, 0.6) is 0 Å². The van der Waals surface area contributed by atoms with E-state index in [1.807, 2.05) is 17.0 Å². The van der Waals surface area contributed by atoms with Crippen molar-refractivity contribution in [1.82, 2.24) is 4.90 Å². The highest BCUT2D eigenvalue weighted by Crippen LogP contribution is 2.20. The summed E-state index contributed by atoms with van der Waals surface area (Å²) >= 11 is 3.49. The number of likely N-dealkylation sites (tertiary alicyclic amines) is 1. The van der Waals surface area contributed by atoms with Crippen LogP contribution in [-0.2, 0) is 11.2 Å². The molecule has 92 valence electrons. The third kappa shape index (κ3) is 3.09. The summed E-state index contributed by atoms with van der Waals surface area (Å²) in [5, 5.41) is 0.895. The van der Waals surface area contributed by atoms with E-state index in [0.29, 0.717) is 12.5 Å². The first kappa shape index (κ1) is 12.6. The lowest BCUT2D eigenvalue weighted by atomic mass is 10.1. The number of amides is 1. The number of halogens is 1. The van der Waals surface area contributed by atoms with Crippen LogP contribution in [0.25, 0.3) is 0 Å². The molecule has 1 atom stereocenters. The predicted molar refractivity (Wildman–Crippen MR) is 73.4 cm³/mol. The van der Waals surface area contributed by atoms with Crippen LogP contribution >= 0.6 is 15.9 Å². The zero-order valence-corrected chi connectivity index (χ0v) is 11.7. The van der Waals surface area contributed by atoms with Crippen LogP contribution in [0.2, 0.25) is 0 Å². The Kier molecular flexibility index (Phi) is 4.21. The van der Waals surface area contributed by atoms with Crippen molar-refractivity contribution in [1.29, 1.82) is 0 Å². The minimum Gasteiger partial charge on any atom is -0.339 e. The number of hydrogen-bond donors (Lipinski definition) is 0. The van der Waals surface area contributed by atoms with Gasteiger partial charge in [0.05, 0.1) is 6.42 Å². The zero-order chi connectivity index (χ0) is 12.3. The van der Waals surface area contributed by atoms with Gasteiger partial charge in [0, 0.05) is 17.9 Å². The van der Waals surface area contributed by atoms with E-state index in [0.717, 1.165) is 30.3 Å². The standard InChI is InChI=1S/C14H18BrNO/c1-11-4-2-5-12(8-11)9-14(17)16-7-3-6-13(16)10-15/h2,4-5,8,13H,3,6-7,9-10H2,1H3. The van der Waals surface area contributed by atoms with Gasteiger partial charge < -0.3 is 4.90 Å². The molecule has 1 aromatic rings. The molecule has 0 spiro atoms. The summed E-state index contributed by atoms with van der Waals surface area (Å²) in [7, 11) is 0. The molecule has 2 rings (SSSR count). The van der Waals surface area contributed by atoms with Crippen molar-refractivity contribution in [3.05, 3.63) is 35.4 Å². The summed E-state index contributed by atoms with van der Waals surface area (Å²) in [6, 6.07) is 8.60. The molecular formula is C14H18BrNO. The van der Waals surface area contributed by atoms with Gasteiger partial charge >= 0.3 is 0 Å². The smallest absolute Gasteiger partial charge is 0.227 e. The fourth-order valence-electron chi connectivity index (χ4n) is 2.42. The van der Waals surface area contributed by atoms with E-state index in [4.69, 9.17) is 0 Å². The third-order valence-corrected chi connectivity index (χ3v) is 4.06. The van der Waals surface area contributed by atoms with E-state index >= 15 is 0 Å². The van der Waals surface area contributed by atoms with E-state index in [9.17, 15) is 4.79 Å². The molecular weight excluding hydrogens is 278 g/mol. The van der Waals surface area contributed by atoms with Crippen molar-refractivity contribution < 1.29 is 4.79 Å². The molecule has 1 unspecified atom stereocenters. The second-order valence-corrected chi connectivity index (χ2v) is 5.35. The van der Waals surface area contributed by atoms with Gasteiger partial charge in [-0.15, -0.1) is 0 Å². The van der Waals surface area contributed by atoms with Crippen molar-refractivity contribution in [2.45, 2.75) is 32.2 Å². The monoisotopic (exact) mass is 295 g/mol. The van der Waals surface area contributed by atoms with E-state index in [1.165, 1.54) is 5.56 Å². The quantitative estimate of drug-likeness (QED) is 0.785. The Labute approximate surface area is 111 Å². The first-order chi connectivity index (χ1) is 8.20. The highest BCUT2D eigenvalue weighted by Gasteiger charge is 2.27. The molecule has 1 amide bonds. The largest absolute Gasteiger partial charge is 0.339 e. The van der Waals surface area contributed by atoms with Gasteiger partial charge in [-0.1, -0.05) is 45.8 Å². The molecule has 1 heterocycles. The molecule has 0 saturated carbocycles. The second-order valence-electron chi connectivity index (χ2n) is 4.70. The van der Waals surface area contributed by atoms with Crippen LogP contribution in [0.3, 0.4) is 0 Å². The molecule has 17 heavy (non-hydrogen) atoms. The number of alkyl halides is 1. The van der Waals surface area contributed by atoms with Crippen LogP contribution in [0.4, 0.5) is 0 Å². The number of carbonyl (C=O) groups excluding carboxylic acids is 1. The Bertz CT molecular complexity index is 405. The third-order valence-electron chi connectivity index (χ3n) is 3.31. The summed E-state index contributed by atoms with van der Waals surface area (Å²) in [5.41, 5.74) is 2.34. The molecule has 0 bridgehead atoms. The van der Waals surface area contributed by atoms with Gasteiger partial charge in [0.15, 0.2) is 0 Å². The van der Waals surface area contributed by atoms with Crippen molar-refractivity contribution in [2.24, 2.45) is 0 Å². The van der Waals surface area contributed by atoms with Crippen LogP contribution < -0.4 is 0 Å². The first-order valence-corrected chi connectivity index (χ1v) is 7.24. The lowest BCUT2D eigenvalue weighted by Gasteiger charge is -2.23. The highest BCUT2D eigenvalue weighted by molar-refractivity contribution is 9.09. The number of nitrogens with zero attached hydrogens (tertiary/aromatic N) is 1. The van der Waals surface area contributed by atoms with E-state index in [1.54, 1.807) is 0 Å². The van der Waals surface area contributed by atoms with Crippen molar-refractivity contribution >= 4 is 21.8 Å². The molecule has 2 nitrogen and oxygen atoms in total. The summed E-state index contributed by atoms with van der Waals surface area (Å²) in [6.45, 7) is 2.98. The summed E-state index contributed by atoms with van der Waals surface area (Å²) in [4.78, 5) is 14.2. The van der Waals surface area contributed by atoms with Gasteiger partial charge in [-0.25, -0.2) is 0 Å². The first-order valence-electron chi connectivity index (χ1n) is 6.11. The molecule has 1 aliphatic heterocycles. The van der Waals surface area contributed by atoms with Gasteiger partial charge in [0.2, 0.25) is 5.91 Å². The Hall–Kier alpha value is -0.830. The lowest BCUT2D eigenvalue weighted by molar-refractivity contribution is -0.130. The Morgan fingerprint density at radius 2 is 2.35 bits per heavy atom. The number of hydrogen-bond acceptors (Lipinski definition) is 1. The van der Waals surface area contributed by atoms with Crippen molar-refractivity contribution in [2.75, 3.05) is 11.9 Å². The van der Waals surface area contributed by atoms with Gasteiger partial charge in [0.1, 0.15) is 0 Å². The Morgan fingerprint density at radius 1 is 1.53 bits per heavy atom. The molecule has 0 aromatic heterocycles. The van der Waals surface area contributed by atoms with Crippen LogP contribution in [0.15, 0.2) is 24.3 Å². The topological polar surface area (TPSA) is 20.3 Å². The minimum absolute atomic E-state index is 0.262. The van der Waals surface area contributed by atoms with Crippen molar-refractivity contribution in [3.63, 3.8) is 0 Å². The second kappa shape index (κ2) is 5.67. The van der Waals surface area contributed by atoms with Crippen LogP contribution in [-0.4, -0.2) is 28.7 Å². The van der Waals surface area contributed by atoms with E-state index < -0.39 is 0 Å². The maximum Gasteiger partial charge on any atom is 0.227 e. The van der Waals surface area contributed by atoms with E-state index in [-0.39, 0.29) is 5.91 Å². The molecule has 1 aliphatic rings. The van der Waals surface area contributed by atoms with Crippen LogP contribution in [0.1, 0.15) is 24.0 Å². The number of aryl methyl sites for hydroxylation is 1. The SMILES string of the molecule is Cc1cccc(CC(=O)N2CCCC2CBr)c1. The van der Waals surface area contributed by atoms with Crippen molar-refractivity contribution in [3.8, 4) is 0 Å². The van der Waals surface area contributed by atoms with Crippen LogP contribution in [0, 0.1) is 6.92 Å². The molecule has 0 aliphatic carbocycles. The Balaban J connectivity index is 2.01. The molecule has 1 aromatic carbocycles. The summed E-state index contributed by atoms with van der Waals surface area (Å²) in [6.07, 6.45) is 2.80. The minimum atomic E-state index is 0.262. The fourth-order valence-corrected chi connectivity index (χ4v) is 3.10. The number of rotatable bonds is 3. The Morgan fingerprint density at radius 3 is 3.06 bits per heavy atom. The molecule has 0 radical (unpaired) electrons. The maximum absolute atomic E-state index is 12.2.